The molecule has 0 aromatic heterocycles. The van der Waals surface area contributed by atoms with Crippen LogP contribution in [0.5, 0.6) is 0 Å². The first-order valence-electron chi connectivity index (χ1n) is 5.15. The molecule has 1 aliphatic heterocycles. The molecule has 1 saturated heterocycles. The molecule has 1 rings (SSSR count). The average Bonchev–Trinajstić information content (AvgIpc) is 2.17. The zero-order valence-electron chi connectivity index (χ0n) is 9.15. The summed E-state index contributed by atoms with van der Waals surface area (Å²) in [6, 6.07) is 0. The van der Waals surface area contributed by atoms with Gasteiger partial charge >= 0.3 is 11.9 Å². The molecule has 5 nitrogen and oxygen atoms in total. The van der Waals surface area contributed by atoms with Gasteiger partial charge in [-0.05, 0) is 12.8 Å². The molecular weight excluding hydrogens is 198 g/mol. The van der Waals surface area contributed by atoms with E-state index in [2.05, 4.69) is 0 Å². The lowest BCUT2D eigenvalue weighted by Crippen LogP contribution is -2.56. The predicted molar refractivity (Wildman–Crippen MR) is 53.2 cm³/mol. The Morgan fingerprint density at radius 1 is 1.27 bits per heavy atom. The van der Waals surface area contributed by atoms with Crippen molar-refractivity contribution in [1.29, 1.82) is 0 Å². The number of hydrogen-bond donors (Lipinski definition) is 1. The van der Waals surface area contributed by atoms with E-state index in [9.17, 15) is 9.59 Å². The van der Waals surface area contributed by atoms with E-state index in [1.54, 1.807) is 4.90 Å². The van der Waals surface area contributed by atoms with Crippen molar-refractivity contribution in [2.24, 2.45) is 0 Å². The van der Waals surface area contributed by atoms with Gasteiger partial charge in [0.25, 0.3) is 5.72 Å². The average molecular weight is 215 g/mol. The lowest BCUT2D eigenvalue weighted by molar-refractivity contribution is -0.200. The Labute approximate surface area is 89.0 Å². The maximum atomic E-state index is 11.1. The number of carboxylic acids is 1. The van der Waals surface area contributed by atoms with E-state index >= 15 is 0 Å². The Hall–Kier alpha value is -1.10. The quantitative estimate of drug-likeness (QED) is 0.706. The molecule has 0 aliphatic carbocycles. The van der Waals surface area contributed by atoms with Crippen molar-refractivity contribution in [2.75, 3.05) is 13.1 Å². The van der Waals surface area contributed by atoms with E-state index in [1.807, 2.05) is 0 Å². The van der Waals surface area contributed by atoms with E-state index in [1.165, 1.54) is 13.8 Å². The van der Waals surface area contributed by atoms with Crippen LogP contribution in [-0.2, 0) is 14.3 Å². The van der Waals surface area contributed by atoms with Gasteiger partial charge in [-0.25, -0.2) is 4.79 Å². The van der Waals surface area contributed by atoms with E-state index in [0.717, 1.165) is 19.3 Å². The number of carbonyl (C=O) groups is 2. The van der Waals surface area contributed by atoms with Crippen LogP contribution in [0.1, 0.15) is 33.1 Å². The number of esters is 1. The van der Waals surface area contributed by atoms with Gasteiger partial charge < -0.3 is 9.84 Å². The Bertz CT molecular complexity index is 260. The van der Waals surface area contributed by atoms with E-state index < -0.39 is 17.7 Å². The molecule has 0 bridgehead atoms. The highest BCUT2D eigenvalue weighted by Gasteiger charge is 2.43. The van der Waals surface area contributed by atoms with Gasteiger partial charge in [0.05, 0.1) is 0 Å². The van der Waals surface area contributed by atoms with Crippen LogP contribution in [0.2, 0.25) is 0 Å². The van der Waals surface area contributed by atoms with Gasteiger partial charge in [0, 0.05) is 26.9 Å². The molecule has 0 spiro atoms. The first kappa shape index (κ1) is 12.0. The van der Waals surface area contributed by atoms with Gasteiger partial charge in [0.2, 0.25) is 0 Å². The highest BCUT2D eigenvalue weighted by atomic mass is 16.6. The summed E-state index contributed by atoms with van der Waals surface area (Å²) in [5.74, 6) is -1.68. The third-order valence-corrected chi connectivity index (χ3v) is 2.70. The molecule has 0 radical (unpaired) electrons. The summed E-state index contributed by atoms with van der Waals surface area (Å²) in [6.45, 7) is 3.99. The summed E-state index contributed by atoms with van der Waals surface area (Å²) in [4.78, 5) is 23.7. The first-order chi connectivity index (χ1) is 6.97. The van der Waals surface area contributed by atoms with Crippen LogP contribution in [0.25, 0.3) is 0 Å². The second-order valence-electron chi connectivity index (χ2n) is 3.93. The molecule has 5 heteroatoms. The Balaban J connectivity index is 2.78. The van der Waals surface area contributed by atoms with Gasteiger partial charge in [0.1, 0.15) is 0 Å². The highest BCUT2D eigenvalue weighted by molar-refractivity contribution is 5.80. The van der Waals surface area contributed by atoms with E-state index in [4.69, 9.17) is 9.84 Å². The SMILES string of the molecule is CC(=O)OC(C)(C(=O)O)N1CCCCC1. The van der Waals surface area contributed by atoms with E-state index in [-0.39, 0.29) is 0 Å². The molecule has 86 valence electrons. The first-order valence-corrected chi connectivity index (χ1v) is 5.15. The number of likely N-dealkylation sites (tertiary alicyclic amines) is 1. The van der Waals surface area contributed by atoms with Crippen LogP contribution in [0.15, 0.2) is 0 Å². The molecule has 0 amide bonds. The number of aliphatic carboxylic acids is 1. The maximum absolute atomic E-state index is 11.1. The minimum absolute atomic E-state index is 0.564. The topological polar surface area (TPSA) is 66.8 Å². The zero-order valence-corrected chi connectivity index (χ0v) is 9.15. The number of nitrogens with zero attached hydrogens (tertiary/aromatic N) is 1. The molecule has 1 fully saturated rings. The van der Waals surface area contributed by atoms with Crippen LogP contribution in [-0.4, -0.2) is 40.8 Å². The second kappa shape index (κ2) is 4.61. The van der Waals surface area contributed by atoms with Crippen molar-refractivity contribution in [3.63, 3.8) is 0 Å². The molecule has 1 heterocycles. The van der Waals surface area contributed by atoms with Gasteiger partial charge in [0.15, 0.2) is 0 Å². The molecule has 0 aromatic rings. The Morgan fingerprint density at radius 2 is 1.80 bits per heavy atom. The lowest BCUT2D eigenvalue weighted by atomic mass is 10.1. The molecule has 1 aliphatic rings. The summed E-state index contributed by atoms with van der Waals surface area (Å²) in [6.07, 6.45) is 3.00. The smallest absolute Gasteiger partial charge is 0.363 e. The number of rotatable bonds is 3. The largest absolute Gasteiger partial charge is 0.477 e. The van der Waals surface area contributed by atoms with Crippen LogP contribution in [0.3, 0.4) is 0 Å². The van der Waals surface area contributed by atoms with Crippen LogP contribution < -0.4 is 0 Å². The van der Waals surface area contributed by atoms with Crippen LogP contribution in [0.4, 0.5) is 0 Å². The van der Waals surface area contributed by atoms with Crippen molar-refractivity contribution in [3.05, 3.63) is 0 Å². The summed E-state index contributed by atoms with van der Waals surface area (Å²) in [5.41, 5.74) is -1.51. The summed E-state index contributed by atoms with van der Waals surface area (Å²) in [7, 11) is 0. The summed E-state index contributed by atoms with van der Waals surface area (Å²) >= 11 is 0. The fraction of sp³-hybridized carbons (Fsp3) is 0.800. The van der Waals surface area contributed by atoms with E-state index in [0.29, 0.717) is 13.1 Å². The van der Waals surface area contributed by atoms with Gasteiger partial charge in [-0.1, -0.05) is 6.42 Å². The minimum Gasteiger partial charge on any atom is -0.477 e. The van der Waals surface area contributed by atoms with Crippen LogP contribution >= 0.6 is 0 Å². The normalized spacial score (nSPS) is 21.7. The van der Waals surface area contributed by atoms with Crippen molar-refractivity contribution in [3.8, 4) is 0 Å². The monoisotopic (exact) mass is 215 g/mol. The van der Waals surface area contributed by atoms with Gasteiger partial charge in [-0.2, -0.15) is 0 Å². The number of carbonyl (C=O) groups excluding carboxylic acids is 1. The van der Waals surface area contributed by atoms with Gasteiger partial charge in [-0.15, -0.1) is 0 Å². The summed E-state index contributed by atoms with van der Waals surface area (Å²) in [5, 5.41) is 9.11. The zero-order chi connectivity index (χ0) is 11.5. The predicted octanol–water partition coefficient (Wildman–Crippen LogP) is 0.836. The number of carboxylic acid groups (broad SMARTS) is 1. The fourth-order valence-electron chi connectivity index (χ4n) is 1.84. The third-order valence-electron chi connectivity index (χ3n) is 2.70. The Kier molecular flexibility index (Phi) is 3.68. The van der Waals surface area contributed by atoms with Crippen molar-refractivity contribution in [2.45, 2.75) is 38.8 Å². The second-order valence-corrected chi connectivity index (χ2v) is 3.93. The third kappa shape index (κ3) is 2.68. The van der Waals surface area contributed by atoms with Crippen molar-refractivity contribution < 1.29 is 19.4 Å². The molecule has 1 atom stereocenters. The van der Waals surface area contributed by atoms with Crippen molar-refractivity contribution in [1.82, 2.24) is 4.90 Å². The Morgan fingerprint density at radius 3 is 2.20 bits per heavy atom. The fourth-order valence-corrected chi connectivity index (χ4v) is 1.84. The maximum Gasteiger partial charge on any atom is 0.363 e. The molecule has 15 heavy (non-hydrogen) atoms. The minimum atomic E-state index is -1.51. The molecular formula is C10H17NO4. The van der Waals surface area contributed by atoms with Gasteiger partial charge in [-0.3, -0.25) is 9.69 Å². The molecule has 0 saturated carbocycles. The number of piperidine rings is 1. The lowest BCUT2D eigenvalue weighted by Gasteiger charge is -2.38. The van der Waals surface area contributed by atoms with Crippen LogP contribution in [0, 0.1) is 0 Å². The highest BCUT2D eigenvalue weighted by Crippen LogP contribution is 2.22. The molecule has 0 aromatic carbocycles. The molecule has 1 unspecified atom stereocenters. The summed E-state index contributed by atoms with van der Waals surface area (Å²) < 4.78 is 4.93. The number of ether oxygens (including phenoxy) is 1. The van der Waals surface area contributed by atoms with Crippen molar-refractivity contribution >= 4 is 11.9 Å². The standard InChI is InChI=1S/C10H17NO4/c1-8(12)15-10(2,9(13)14)11-6-4-3-5-7-11/h3-7H2,1-2H3,(H,13,14). The molecule has 1 N–H and O–H groups in total. The number of hydrogen-bond acceptors (Lipinski definition) is 4.